The minimum atomic E-state index is -0.276. The SMILES string of the molecule is CC(=O)Nc1ncc(Oc2ccc(C(=O)NC3CN4CCC3CC4)cc2)o1. The first kappa shape index (κ1) is 17.5. The van der Waals surface area contributed by atoms with E-state index in [9.17, 15) is 9.59 Å². The molecule has 0 spiro atoms. The fourth-order valence-electron chi connectivity index (χ4n) is 3.69. The van der Waals surface area contributed by atoms with Gasteiger partial charge in [0, 0.05) is 25.1 Å². The molecule has 8 nitrogen and oxygen atoms in total. The molecule has 1 aromatic heterocycles. The molecule has 2 amide bonds. The van der Waals surface area contributed by atoms with Gasteiger partial charge < -0.3 is 19.4 Å². The summed E-state index contributed by atoms with van der Waals surface area (Å²) in [5.41, 5.74) is 0.593. The number of benzene rings is 1. The Kier molecular flexibility index (Phi) is 4.81. The Hall–Kier alpha value is -2.87. The molecule has 5 rings (SSSR count). The van der Waals surface area contributed by atoms with Crippen LogP contribution in [-0.2, 0) is 4.79 Å². The van der Waals surface area contributed by atoms with E-state index in [4.69, 9.17) is 9.15 Å². The molecule has 3 aliphatic heterocycles. The van der Waals surface area contributed by atoms with E-state index in [1.54, 1.807) is 24.3 Å². The van der Waals surface area contributed by atoms with Crippen molar-refractivity contribution >= 4 is 17.8 Å². The Morgan fingerprint density at radius 2 is 1.96 bits per heavy atom. The molecule has 2 aromatic rings. The minimum Gasteiger partial charge on any atom is -0.425 e. The lowest BCUT2D eigenvalue weighted by molar-refractivity contribution is -0.114. The molecule has 27 heavy (non-hydrogen) atoms. The normalized spacial score (nSPS) is 23.7. The maximum Gasteiger partial charge on any atom is 0.312 e. The van der Waals surface area contributed by atoms with Gasteiger partial charge in [0.1, 0.15) is 11.9 Å². The maximum absolute atomic E-state index is 12.5. The van der Waals surface area contributed by atoms with E-state index in [-0.39, 0.29) is 29.8 Å². The highest BCUT2D eigenvalue weighted by Gasteiger charge is 2.34. The quantitative estimate of drug-likeness (QED) is 0.838. The van der Waals surface area contributed by atoms with E-state index in [2.05, 4.69) is 20.5 Å². The van der Waals surface area contributed by atoms with Crippen LogP contribution < -0.4 is 15.4 Å². The van der Waals surface area contributed by atoms with Crippen molar-refractivity contribution in [3.8, 4) is 11.7 Å². The number of amides is 2. The summed E-state index contributed by atoms with van der Waals surface area (Å²) in [5.74, 6) is 0.920. The standard InChI is InChI=1S/C19H22N4O4/c1-12(24)21-19-20-10-17(27-19)26-15-4-2-14(3-5-15)18(25)22-16-11-23-8-6-13(16)7-9-23/h2-5,10,13,16H,6-9,11H2,1H3,(H,22,25)(H,20,21,24). The summed E-state index contributed by atoms with van der Waals surface area (Å²) in [6.45, 7) is 4.60. The number of piperidine rings is 3. The van der Waals surface area contributed by atoms with Gasteiger partial charge in [-0.05, 0) is 56.1 Å². The van der Waals surface area contributed by atoms with Crippen LogP contribution in [0.25, 0.3) is 0 Å². The second-order valence-corrected chi connectivity index (χ2v) is 7.01. The van der Waals surface area contributed by atoms with Crippen molar-refractivity contribution in [1.82, 2.24) is 15.2 Å². The fourth-order valence-corrected chi connectivity index (χ4v) is 3.69. The lowest BCUT2D eigenvalue weighted by Crippen LogP contribution is -2.57. The van der Waals surface area contributed by atoms with Crippen LogP contribution in [0.3, 0.4) is 0 Å². The molecule has 4 heterocycles. The molecule has 3 saturated heterocycles. The van der Waals surface area contributed by atoms with Crippen LogP contribution in [-0.4, -0.2) is 47.4 Å². The molecular formula is C19H22N4O4. The number of carbonyl (C=O) groups excluding carboxylic acids is 2. The van der Waals surface area contributed by atoms with Gasteiger partial charge in [-0.3, -0.25) is 14.9 Å². The van der Waals surface area contributed by atoms with Crippen molar-refractivity contribution in [2.45, 2.75) is 25.8 Å². The van der Waals surface area contributed by atoms with Gasteiger partial charge in [0.15, 0.2) is 0 Å². The average Bonchev–Trinajstić information content (AvgIpc) is 3.09. The number of oxazole rings is 1. The van der Waals surface area contributed by atoms with E-state index < -0.39 is 0 Å². The maximum atomic E-state index is 12.5. The van der Waals surface area contributed by atoms with Gasteiger partial charge in [-0.2, -0.15) is 4.98 Å². The summed E-state index contributed by atoms with van der Waals surface area (Å²) in [5, 5.41) is 5.60. The number of carbonyl (C=O) groups is 2. The van der Waals surface area contributed by atoms with Gasteiger partial charge >= 0.3 is 12.0 Å². The van der Waals surface area contributed by atoms with Crippen molar-refractivity contribution in [2.75, 3.05) is 25.0 Å². The summed E-state index contributed by atoms with van der Waals surface area (Å²) < 4.78 is 10.8. The Morgan fingerprint density at radius 3 is 2.59 bits per heavy atom. The third-order valence-electron chi connectivity index (χ3n) is 5.08. The molecule has 2 N–H and O–H groups in total. The minimum absolute atomic E-state index is 0.0621. The van der Waals surface area contributed by atoms with Crippen molar-refractivity contribution in [2.24, 2.45) is 5.92 Å². The number of hydrogen-bond donors (Lipinski definition) is 2. The highest BCUT2D eigenvalue weighted by atomic mass is 16.6. The highest BCUT2D eigenvalue weighted by Crippen LogP contribution is 2.28. The van der Waals surface area contributed by atoms with Gasteiger partial charge in [-0.15, -0.1) is 0 Å². The van der Waals surface area contributed by atoms with Crippen molar-refractivity contribution < 1.29 is 18.7 Å². The van der Waals surface area contributed by atoms with E-state index >= 15 is 0 Å². The number of rotatable bonds is 5. The molecule has 3 fully saturated rings. The molecule has 1 atom stereocenters. The molecule has 0 aliphatic carbocycles. The van der Waals surface area contributed by atoms with Crippen LogP contribution in [0.5, 0.6) is 11.7 Å². The first-order valence-electron chi connectivity index (χ1n) is 9.11. The molecule has 0 saturated carbocycles. The summed E-state index contributed by atoms with van der Waals surface area (Å²) in [7, 11) is 0. The van der Waals surface area contributed by atoms with Crippen LogP contribution in [0.15, 0.2) is 34.9 Å². The summed E-state index contributed by atoms with van der Waals surface area (Å²) in [6, 6.07) is 7.15. The predicted molar refractivity (Wildman–Crippen MR) is 97.7 cm³/mol. The zero-order valence-electron chi connectivity index (χ0n) is 15.1. The van der Waals surface area contributed by atoms with Gasteiger partial charge in [-0.25, -0.2) is 0 Å². The van der Waals surface area contributed by atoms with Crippen LogP contribution >= 0.6 is 0 Å². The number of hydrogen-bond acceptors (Lipinski definition) is 6. The third-order valence-corrected chi connectivity index (χ3v) is 5.08. The van der Waals surface area contributed by atoms with Crippen molar-refractivity contribution in [1.29, 1.82) is 0 Å². The van der Waals surface area contributed by atoms with E-state index in [0.717, 1.165) is 32.5 Å². The molecule has 1 unspecified atom stereocenters. The van der Waals surface area contributed by atoms with Gasteiger partial charge in [0.05, 0.1) is 0 Å². The second kappa shape index (κ2) is 7.40. The summed E-state index contributed by atoms with van der Waals surface area (Å²) in [6.07, 6.45) is 3.70. The monoisotopic (exact) mass is 370 g/mol. The average molecular weight is 370 g/mol. The molecular weight excluding hydrogens is 348 g/mol. The van der Waals surface area contributed by atoms with Crippen LogP contribution in [0.2, 0.25) is 0 Å². The van der Waals surface area contributed by atoms with E-state index in [0.29, 0.717) is 17.2 Å². The Labute approximate surface area is 156 Å². The first-order chi connectivity index (χ1) is 13.1. The largest absolute Gasteiger partial charge is 0.425 e. The fraction of sp³-hybridized carbons (Fsp3) is 0.421. The predicted octanol–water partition coefficient (Wildman–Crippen LogP) is 2.25. The van der Waals surface area contributed by atoms with Gasteiger partial charge in [0.2, 0.25) is 5.91 Å². The van der Waals surface area contributed by atoms with Crippen LogP contribution in [0.1, 0.15) is 30.1 Å². The van der Waals surface area contributed by atoms with Crippen molar-refractivity contribution in [3.05, 3.63) is 36.0 Å². The van der Waals surface area contributed by atoms with Gasteiger partial charge in [0.25, 0.3) is 5.91 Å². The number of nitrogens with one attached hydrogen (secondary N) is 2. The molecule has 0 radical (unpaired) electrons. The number of anilines is 1. The van der Waals surface area contributed by atoms with Crippen molar-refractivity contribution in [3.63, 3.8) is 0 Å². The number of aromatic nitrogens is 1. The number of ether oxygens (including phenoxy) is 1. The molecule has 2 bridgehead atoms. The Bertz CT molecular complexity index is 824. The third kappa shape index (κ3) is 4.11. The second-order valence-electron chi connectivity index (χ2n) is 7.01. The molecule has 8 heteroatoms. The highest BCUT2D eigenvalue weighted by molar-refractivity contribution is 5.94. The van der Waals surface area contributed by atoms with Crippen LogP contribution in [0, 0.1) is 5.92 Å². The van der Waals surface area contributed by atoms with Gasteiger partial charge in [-0.1, -0.05) is 0 Å². The zero-order valence-corrected chi connectivity index (χ0v) is 15.1. The topological polar surface area (TPSA) is 96.7 Å². The van der Waals surface area contributed by atoms with Crippen LogP contribution in [0.4, 0.5) is 6.01 Å². The lowest BCUT2D eigenvalue weighted by atomic mass is 9.84. The summed E-state index contributed by atoms with van der Waals surface area (Å²) in [4.78, 5) is 29.8. The molecule has 1 aromatic carbocycles. The Balaban J connectivity index is 1.35. The Morgan fingerprint density at radius 1 is 1.22 bits per heavy atom. The molecule has 142 valence electrons. The lowest BCUT2D eigenvalue weighted by Gasteiger charge is -2.44. The van der Waals surface area contributed by atoms with E-state index in [1.165, 1.54) is 13.1 Å². The number of fused-ring (bicyclic) bond motifs is 3. The summed E-state index contributed by atoms with van der Waals surface area (Å²) >= 11 is 0. The number of nitrogens with zero attached hydrogens (tertiary/aromatic N) is 2. The van der Waals surface area contributed by atoms with E-state index in [1.807, 2.05) is 0 Å². The smallest absolute Gasteiger partial charge is 0.312 e. The first-order valence-corrected chi connectivity index (χ1v) is 9.11. The zero-order chi connectivity index (χ0) is 18.8. The molecule has 3 aliphatic rings.